The van der Waals surface area contributed by atoms with Crippen molar-refractivity contribution in [2.24, 2.45) is 4.99 Å². The van der Waals surface area contributed by atoms with Crippen LogP contribution in [-0.2, 0) is 0 Å². The van der Waals surface area contributed by atoms with Gasteiger partial charge in [0.15, 0.2) is 0 Å². The quantitative estimate of drug-likeness (QED) is 0.685. The molecule has 3 rings (SSSR count). The van der Waals surface area contributed by atoms with Gasteiger partial charge in [-0.1, -0.05) is 72.3 Å². The van der Waals surface area contributed by atoms with Gasteiger partial charge in [-0.3, -0.25) is 4.99 Å². The van der Waals surface area contributed by atoms with Crippen molar-refractivity contribution in [1.82, 2.24) is 0 Å². The molecule has 0 bridgehead atoms. The van der Waals surface area contributed by atoms with Crippen LogP contribution in [0.4, 0.5) is 0 Å². The van der Waals surface area contributed by atoms with Crippen LogP contribution in [0.2, 0.25) is 0 Å². The molecule has 1 nitrogen and oxygen atoms in total. The van der Waals surface area contributed by atoms with E-state index in [9.17, 15) is 0 Å². The molecule has 2 aromatic carbocycles. The number of allylic oxidation sites excluding steroid dienone is 1. The van der Waals surface area contributed by atoms with Crippen molar-refractivity contribution < 1.29 is 0 Å². The van der Waals surface area contributed by atoms with Gasteiger partial charge in [0.2, 0.25) is 0 Å². The van der Waals surface area contributed by atoms with Crippen molar-refractivity contribution in [1.29, 1.82) is 0 Å². The molecule has 116 valence electrons. The Morgan fingerprint density at radius 2 is 1.65 bits per heavy atom. The molecule has 0 amide bonds. The highest BCUT2D eigenvalue weighted by Crippen LogP contribution is 2.38. The molecular weight excluding hydrogens is 278 g/mol. The molecular formula is C22H23N. The Hall–Kier alpha value is -2.41. The van der Waals surface area contributed by atoms with Crippen LogP contribution < -0.4 is 0 Å². The molecule has 0 N–H and O–H groups in total. The van der Waals surface area contributed by atoms with Crippen LogP contribution in [0, 0.1) is 6.92 Å². The summed E-state index contributed by atoms with van der Waals surface area (Å²) in [5, 5.41) is 0. The zero-order valence-electron chi connectivity index (χ0n) is 14.1. The van der Waals surface area contributed by atoms with Crippen molar-refractivity contribution in [3.63, 3.8) is 0 Å². The van der Waals surface area contributed by atoms with E-state index >= 15 is 0 Å². The number of benzene rings is 2. The van der Waals surface area contributed by atoms with E-state index in [1.807, 2.05) is 6.07 Å². The summed E-state index contributed by atoms with van der Waals surface area (Å²) in [6.07, 6.45) is 7.54. The van der Waals surface area contributed by atoms with E-state index in [0.29, 0.717) is 0 Å². The zero-order chi connectivity index (χ0) is 16.3. The number of aryl methyl sites for hydroxylation is 1. The van der Waals surface area contributed by atoms with E-state index in [-0.39, 0.29) is 5.54 Å². The van der Waals surface area contributed by atoms with Gasteiger partial charge in [-0.2, -0.15) is 0 Å². The summed E-state index contributed by atoms with van der Waals surface area (Å²) in [6, 6.07) is 19.2. The zero-order valence-corrected chi connectivity index (χ0v) is 14.1. The second kappa shape index (κ2) is 6.37. The number of hydrogen-bond acceptors (Lipinski definition) is 1. The van der Waals surface area contributed by atoms with E-state index in [2.05, 4.69) is 87.5 Å². The van der Waals surface area contributed by atoms with Gasteiger partial charge in [0.1, 0.15) is 0 Å². The Balaban J connectivity index is 1.82. The summed E-state index contributed by atoms with van der Waals surface area (Å²) >= 11 is 0. The third-order valence-electron chi connectivity index (χ3n) is 4.34. The molecule has 1 unspecified atom stereocenters. The minimum Gasteiger partial charge on any atom is -0.279 e. The van der Waals surface area contributed by atoms with E-state index in [1.165, 1.54) is 22.3 Å². The molecule has 0 spiro atoms. The Bertz CT molecular complexity index is 763. The van der Waals surface area contributed by atoms with E-state index < -0.39 is 0 Å². The Morgan fingerprint density at radius 3 is 2.35 bits per heavy atom. The minimum atomic E-state index is -0.176. The maximum atomic E-state index is 4.90. The smallest absolute Gasteiger partial charge is 0.0872 e. The maximum Gasteiger partial charge on any atom is 0.0872 e. The predicted molar refractivity (Wildman–Crippen MR) is 101 cm³/mol. The molecule has 23 heavy (non-hydrogen) atoms. The largest absolute Gasteiger partial charge is 0.279 e. The van der Waals surface area contributed by atoms with Gasteiger partial charge in [-0.15, -0.1) is 0 Å². The molecule has 0 radical (unpaired) electrons. The normalized spacial score (nSPS) is 20.7. The van der Waals surface area contributed by atoms with E-state index in [0.717, 1.165) is 12.1 Å². The van der Waals surface area contributed by atoms with Gasteiger partial charge in [0.05, 0.1) is 5.54 Å². The van der Waals surface area contributed by atoms with Crippen LogP contribution in [0.25, 0.3) is 11.6 Å². The average Bonchev–Trinajstić information content (AvgIpc) is 2.84. The Kier molecular flexibility index (Phi) is 4.29. The van der Waals surface area contributed by atoms with Crippen LogP contribution in [0.3, 0.4) is 0 Å². The molecule has 1 aliphatic rings. The number of rotatable bonds is 4. The second-order valence-corrected chi connectivity index (χ2v) is 6.47. The fourth-order valence-corrected chi connectivity index (χ4v) is 3.12. The summed E-state index contributed by atoms with van der Waals surface area (Å²) in [7, 11) is 0. The van der Waals surface area contributed by atoms with Crippen LogP contribution in [0.15, 0.2) is 71.7 Å². The molecule has 0 aromatic heterocycles. The SMILES string of the molecule is CC1=NC(C)(C/C=C/c2ccccc2)C(c2ccc(C)cc2)=C1. The Morgan fingerprint density at radius 1 is 0.957 bits per heavy atom. The van der Waals surface area contributed by atoms with Gasteiger partial charge >= 0.3 is 0 Å². The van der Waals surface area contributed by atoms with Crippen LogP contribution in [0.1, 0.15) is 37.0 Å². The number of hydrogen-bond donors (Lipinski definition) is 0. The van der Waals surface area contributed by atoms with Gasteiger partial charge in [-0.05, 0) is 50.0 Å². The monoisotopic (exact) mass is 301 g/mol. The van der Waals surface area contributed by atoms with Crippen molar-refractivity contribution in [2.45, 2.75) is 32.7 Å². The maximum absolute atomic E-state index is 4.90. The fraction of sp³-hybridized carbons (Fsp3) is 0.227. The van der Waals surface area contributed by atoms with Crippen molar-refractivity contribution in [2.75, 3.05) is 0 Å². The van der Waals surface area contributed by atoms with Gasteiger partial charge < -0.3 is 0 Å². The molecule has 0 aliphatic carbocycles. The molecule has 0 fully saturated rings. The first-order valence-corrected chi connectivity index (χ1v) is 8.14. The molecule has 1 atom stereocenters. The summed E-state index contributed by atoms with van der Waals surface area (Å²) in [5.74, 6) is 0. The molecule has 0 saturated carbocycles. The van der Waals surface area contributed by atoms with Crippen molar-refractivity contribution in [3.05, 3.63) is 83.4 Å². The van der Waals surface area contributed by atoms with E-state index in [4.69, 9.17) is 4.99 Å². The number of nitrogens with zero attached hydrogens (tertiary/aromatic N) is 1. The van der Waals surface area contributed by atoms with Crippen LogP contribution in [-0.4, -0.2) is 11.3 Å². The van der Waals surface area contributed by atoms with Crippen molar-refractivity contribution >= 4 is 17.4 Å². The standard InChI is InChI=1S/C22H23N/c1-17-11-13-20(14-12-17)21-16-18(2)23-22(21,3)15-7-10-19-8-5-4-6-9-19/h4-14,16H,15H2,1-3H3/b10-7+. The van der Waals surface area contributed by atoms with Gasteiger partial charge in [0, 0.05) is 5.71 Å². The predicted octanol–water partition coefficient (Wildman–Crippen LogP) is 5.72. The Labute approximate surface area is 139 Å². The summed E-state index contributed by atoms with van der Waals surface area (Å²) < 4.78 is 0. The van der Waals surface area contributed by atoms with Gasteiger partial charge in [0.25, 0.3) is 0 Å². The fourth-order valence-electron chi connectivity index (χ4n) is 3.12. The first kappa shape index (κ1) is 15.5. The lowest BCUT2D eigenvalue weighted by molar-refractivity contribution is 0.627. The van der Waals surface area contributed by atoms with Crippen molar-refractivity contribution in [3.8, 4) is 0 Å². The first-order valence-electron chi connectivity index (χ1n) is 8.14. The van der Waals surface area contributed by atoms with Crippen LogP contribution >= 0.6 is 0 Å². The van der Waals surface area contributed by atoms with Crippen LogP contribution in [0.5, 0.6) is 0 Å². The molecule has 1 heterocycles. The highest BCUT2D eigenvalue weighted by atomic mass is 14.9. The summed E-state index contributed by atoms with van der Waals surface area (Å²) in [4.78, 5) is 4.90. The third-order valence-corrected chi connectivity index (χ3v) is 4.34. The summed E-state index contributed by atoms with van der Waals surface area (Å²) in [6.45, 7) is 6.43. The lowest BCUT2D eigenvalue weighted by Gasteiger charge is -2.24. The second-order valence-electron chi connectivity index (χ2n) is 6.47. The third kappa shape index (κ3) is 3.50. The average molecular weight is 301 g/mol. The number of aliphatic imine (C=N–C) groups is 1. The highest BCUT2D eigenvalue weighted by molar-refractivity contribution is 6.05. The lowest BCUT2D eigenvalue weighted by Crippen LogP contribution is -2.20. The lowest BCUT2D eigenvalue weighted by atomic mass is 9.85. The first-order chi connectivity index (χ1) is 11.1. The molecule has 2 aromatic rings. The minimum absolute atomic E-state index is 0.176. The summed E-state index contributed by atoms with van der Waals surface area (Å²) in [5.41, 5.74) is 6.03. The molecule has 1 heteroatoms. The van der Waals surface area contributed by atoms with E-state index in [1.54, 1.807) is 0 Å². The highest BCUT2D eigenvalue weighted by Gasteiger charge is 2.31. The molecule has 1 aliphatic heterocycles. The van der Waals surface area contributed by atoms with Gasteiger partial charge in [-0.25, -0.2) is 0 Å². The topological polar surface area (TPSA) is 12.4 Å². The molecule has 0 saturated heterocycles.